The standard InChI is InChI=1S/C95H63N7/c1-60-41-55-88-78(57-60)79-58-61(2)42-56-89(79)102(88)95-91(64-45-51-68(52-46-64)100-84-37-19-13-30-73(84)74-31-14-20-38-85(74)100)92(77-34-10-9-27-70(77)81-59-80(62-23-5-3-6-24-62)96-94(97-81)66-25-7-4-8-26-66)90(63-43-49-67(50-44-63)99-82-35-17-11-28-71(82)72-29-12-18-36-83(72)99)93(98-95)65-47-53-69(54-48-65)101-86-39-21-15-32-75(86)76-33-16-22-40-87(76)101/h3-59H,1-2H3. The molecule has 6 heterocycles. The molecule has 102 heavy (non-hydrogen) atoms. The molecule has 14 aromatic carbocycles. The molecule has 0 fully saturated rings. The van der Waals surface area contributed by atoms with Crippen molar-refractivity contribution in [3.05, 3.63) is 357 Å². The van der Waals surface area contributed by atoms with E-state index in [4.69, 9.17) is 15.0 Å². The number of hydrogen-bond donors (Lipinski definition) is 0. The molecule has 7 heteroatoms. The summed E-state index contributed by atoms with van der Waals surface area (Å²) < 4.78 is 9.65. The highest BCUT2D eigenvalue weighted by Gasteiger charge is 2.30. The molecule has 478 valence electrons. The maximum absolute atomic E-state index is 6.40. The molecule has 20 aromatic rings. The van der Waals surface area contributed by atoms with Gasteiger partial charge in [-0.05, 0) is 134 Å². The van der Waals surface area contributed by atoms with Crippen molar-refractivity contribution in [1.29, 1.82) is 0 Å². The quantitative estimate of drug-likeness (QED) is 0.130. The fraction of sp³-hybridized carbons (Fsp3) is 0.0211. The molecule has 0 bridgehead atoms. The fourth-order valence-corrected chi connectivity index (χ4v) is 16.2. The summed E-state index contributed by atoms with van der Waals surface area (Å²) in [5.41, 5.74) is 26.7. The van der Waals surface area contributed by atoms with E-state index in [1.807, 2.05) is 6.07 Å². The first-order valence-corrected chi connectivity index (χ1v) is 34.9. The lowest BCUT2D eigenvalue weighted by molar-refractivity contribution is 1.09. The number of pyridine rings is 1. The molecule has 0 atom stereocenters. The van der Waals surface area contributed by atoms with Gasteiger partial charge >= 0.3 is 0 Å². The zero-order valence-corrected chi connectivity index (χ0v) is 56.0. The van der Waals surface area contributed by atoms with E-state index < -0.39 is 0 Å². The van der Waals surface area contributed by atoms with E-state index in [1.165, 1.54) is 43.4 Å². The SMILES string of the molecule is Cc1ccc2c(c1)c1cc(C)ccc1n2-c1nc(-c2ccc(-n3c4ccccc4c4ccccc43)cc2)c(-c2ccc(-n3c4ccccc4c4ccccc43)cc2)c(-c2ccccc2-c2cc(-c3ccccc3)nc(-c3ccccc3)n2)c1-c1ccc(-n2c3ccccc3c3ccccc32)cc1. The van der Waals surface area contributed by atoms with Crippen molar-refractivity contribution in [2.45, 2.75) is 13.8 Å². The Morgan fingerprint density at radius 2 is 0.559 bits per heavy atom. The summed E-state index contributed by atoms with van der Waals surface area (Å²) >= 11 is 0. The average molecular weight is 1300 g/mol. The van der Waals surface area contributed by atoms with Crippen LogP contribution in [0.5, 0.6) is 0 Å². The molecule has 0 saturated carbocycles. The minimum Gasteiger partial charge on any atom is -0.309 e. The number of nitrogens with zero attached hydrogens (tertiary/aromatic N) is 7. The topological polar surface area (TPSA) is 58.4 Å². The van der Waals surface area contributed by atoms with Crippen molar-refractivity contribution >= 4 is 87.2 Å². The predicted octanol–water partition coefficient (Wildman–Crippen LogP) is 24.5. The Labute approximate surface area is 589 Å². The molecule has 0 N–H and O–H groups in total. The van der Waals surface area contributed by atoms with Crippen LogP contribution in [0.3, 0.4) is 0 Å². The molecule has 0 radical (unpaired) electrons. The maximum Gasteiger partial charge on any atom is 0.160 e. The zero-order chi connectivity index (χ0) is 67.5. The average Bonchev–Trinajstić information content (AvgIpc) is 1.25. The van der Waals surface area contributed by atoms with Gasteiger partial charge in [0.1, 0.15) is 5.82 Å². The molecule has 7 nitrogen and oxygen atoms in total. The van der Waals surface area contributed by atoms with Gasteiger partial charge in [0.2, 0.25) is 0 Å². The first-order valence-electron chi connectivity index (χ1n) is 34.9. The molecule has 0 saturated heterocycles. The van der Waals surface area contributed by atoms with Crippen LogP contribution in [-0.4, -0.2) is 33.2 Å². The summed E-state index contributed by atoms with van der Waals surface area (Å²) in [5, 5.41) is 9.59. The first kappa shape index (κ1) is 58.6. The van der Waals surface area contributed by atoms with E-state index >= 15 is 0 Å². The van der Waals surface area contributed by atoms with Crippen LogP contribution in [0.2, 0.25) is 0 Å². The van der Waals surface area contributed by atoms with Gasteiger partial charge in [0.25, 0.3) is 0 Å². The zero-order valence-electron chi connectivity index (χ0n) is 56.0. The van der Waals surface area contributed by atoms with E-state index in [1.54, 1.807) is 0 Å². The molecule has 0 spiro atoms. The highest BCUT2D eigenvalue weighted by Crippen LogP contribution is 2.52. The third kappa shape index (κ3) is 9.39. The molecule has 0 unspecified atom stereocenters. The van der Waals surface area contributed by atoms with Crippen LogP contribution < -0.4 is 0 Å². The van der Waals surface area contributed by atoms with Gasteiger partial charge in [-0.25, -0.2) is 15.0 Å². The van der Waals surface area contributed by atoms with Crippen LogP contribution in [0, 0.1) is 13.8 Å². The lowest BCUT2D eigenvalue weighted by Crippen LogP contribution is -2.08. The third-order valence-electron chi connectivity index (χ3n) is 20.7. The van der Waals surface area contributed by atoms with Crippen LogP contribution in [0.1, 0.15) is 11.1 Å². The highest BCUT2D eigenvalue weighted by molar-refractivity contribution is 6.15. The van der Waals surface area contributed by atoms with Gasteiger partial charge in [0.15, 0.2) is 5.82 Å². The van der Waals surface area contributed by atoms with Crippen molar-refractivity contribution in [3.63, 3.8) is 0 Å². The van der Waals surface area contributed by atoms with E-state index in [2.05, 4.69) is 372 Å². The second-order valence-corrected chi connectivity index (χ2v) is 26.8. The van der Waals surface area contributed by atoms with E-state index in [9.17, 15) is 0 Å². The van der Waals surface area contributed by atoms with Crippen LogP contribution in [0.15, 0.2) is 346 Å². The highest BCUT2D eigenvalue weighted by atomic mass is 15.1. The summed E-state index contributed by atoms with van der Waals surface area (Å²) in [6.45, 7) is 4.38. The van der Waals surface area contributed by atoms with Crippen LogP contribution in [0.25, 0.3) is 189 Å². The number of rotatable bonds is 11. The molecule has 0 amide bonds. The van der Waals surface area contributed by atoms with Crippen molar-refractivity contribution < 1.29 is 0 Å². The van der Waals surface area contributed by atoms with Crippen molar-refractivity contribution in [1.82, 2.24) is 33.2 Å². The molecular formula is C95H63N7. The smallest absolute Gasteiger partial charge is 0.160 e. The summed E-state index contributed by atoms with van der Waals surface area (Å²) in [6, 6.07) is 126. The summed E-state index contributed by atoms with van der Waals surface area (Å²) in [5.74, 6) is 1.43. The Morgan fingerprint density at radius 1 is 0.216 bits per heavy atom. The Balaban J connectivity index is 0.937. The molecule has 0 aliphatic rings. The van der Waals surface area contributed by atoms with Gasteiger partial charge in [-0.15, -0.1) is 0 Å². The van der Waals surface area contributed by atoms with Gasteiger partial charge in [0.05, 0.1) is 61.2 Å². The Bertz CT molecular complexity index is 6450. The van der Waals surface area contributed by atoms with E-state index in [0.717, 1.165) is 151 Å². The fourth-order valence-electron chi connectivity index (χ4n) is 16.2. The monoisotopic (exact) mass is 1300 g/mol. The summed E-state index contributed by atoms with van der Waals surface area (Å²) in [4.78, 5) is 17.4. The number of fused-ring (bicyclic) bond motifs is 12. The van der Waals surface area contributed by atoms with Crippen molar-refractivity contribution in [3.8, 4) is 101 Å². The lowest BCUT2D eigenvalue weighted by atomic mass is 9.83. The summed E-state index contributed by atoms with van der Waals surface area (Å²) in [7, 11) is 0. The summed E-state index contributed by atoms with van der Waals surface area (Å²) in [6.07, 6.45) is 0. The molecule has 6 aromatic heterocycles. The minimum atomic E-state index is 0.638. The number of para-hydroxylation sites is 6. The van der Waals surface area contributed by atoms with Crippen molar-refractivity contribution in [2.75, 3.05) is 0 Å². The van der Waals surface area contributed by atoms with Gasteiger partial charge < -0.3 is 13.7 Å². The maximum atomic E-state index is 6.40. The normalized spacial score (nSPS) is 11.8. The minimum absolute atomic E-state index is 0.638. The second-order valence-electron chi connectivity index (χ2n) is 26.8. The number of aromatic nitrogens is 7. The predicted molar refractivity (Wildman–Crippen MR) is 425 cm³/mol. The third-order valence-corrected chi connectivity index (χ3v) is 20.7. The number of aryl methyl sites for hydroxylation is 2. The van der Waals surface area contributed by atoms with Crippen LogP contribution >= 0.6 is 0 Å². The Kier molecular flexibility index (Phi) is 13.6. The van der Waals surface area contributed by atoms with Crippen molar-refractivity contribution in [2.24, 2.45) is 0 Å². The lowest BCUT2D eigenvalue weighted by Gasteiger charge is -2.26. The largest absolute Gasteiger partial charge is 0.309 e. The Morgan fingerprint density at radius 3 is 0.990 bits per heavy atom. The first-order chi connectivity index (χ1) is 50.4. The van der Waals surface area contributed by atoms with Crippen LogP contribution in [0.4, 0.5) is 0 Å². The van der Waals surface area contributed by atoms with Gasteiger partial charge in [0, 0.05) is 99.1 Å². The second kappa shape index (κ2) is 23.6. The molecule has 0 aliphatic carbocycles. The van der Waals surface area contributed by atoms with Crippen LogP contribution in [-0.2, 0) is 0 Å². The van der Waals surface area contributed by atoms with Gasteiger partial charge in [-0.1, -0.05) is 254 Å². The Hall–Kier alpha value is -13.5. The number of benzene rings is 14. The molecular weight excluding hydrogens is 1240 g/mol. The van der Waals surface area contributed by atoms with Gasteiger partial charge in [-0.3, -0.25) is 4.57 Å². The number of hydrogen-bond acceptors (Lipinski definition) is 3. The van der Waals surface area contributed by atoms with E-state index in [-0.39, 0.29) is 0 Å². The van der Waals surface area contributed by atoms with Gasteiger partial charge in [-0.2, -0.15) is 0 Å². The molecule has 20 rings (SSSR count). The van der Waals surface area contributed by atoms with E-state index in [0.29, 0.717) is 5.82 Å². The molecule has 0 aliphatic heterocycles.